The highest BCUT2D eigenvalue weighted by Crippen LogP contribution is 2.37. The van der Waals surface area contributed by atoms with Gasteiger partial charge in [-0.2, -0.15) is 0 Å². The molecule has 0 aliphatic rings. The third kappa shape index (κ3) is 1.93. The van der Waals surface area contributed by atoms with Gasteiger partial charge in [-0.05, 0) is 46.3 Å². The minimum absolute atomic E-state index is 0.134. The molecule has 2 aromatic carbocycles. The number of hydrogen-bond donors (Lipinski definition) is 1. The van der Waals surface area contributed by atoms with E-state index in [1.54, 1.807) is 12.1 Å². The first-order valence-electron chi connectivity index (χ1n) is 5.19. The summed E-state index contributed by atoms with van der Waals surface area (Å²) >= 11 is 6.77. The first kappa shape index (κ1) is 11.7. The van der Waals surface area contributed by atoms with Crippen LogP contribution in [0.2, 0.25) is 0 Å². The zero-order chi connectivity index (χ0) is 12.7. The number of phenolic OH excluding ortho intramolecular Hbond substituents is 1. The lowest BCUT2D eigenvalue weighted by Crippen LogP contribution is -1.80. The maximum absolute atomic E-state index is 9.89. The Morgan fingerprint density at radius 2 is 1.94 bits per heavy atom. The number of benzene rings is 2. The molecule has 5 heteroatoms. The van der Waals surface area contributed by atoms with Crippen molar-refractivity contribution in [2.24, 2.45) is 0 Å². The summed E-state index contributed by atoms with van der Waals surface area (Å²) in [7, 11) is 0. The molecule has 90 valence electrons. The van der Waals surface area contributed by atoms with Gasteiger partial charge in [-0.1, -0.05) is 22.0 Å². The molecule has 3 aromatic rings. The molecule has 0 radical (unpaired) electrons. The molecule has 0 spiro atoms. The standard InChI is InChI=1S/C13H7Br2NO2/c14-7-4-5-9-11(6-7)18-13(16-9)12-8(15)2-1-3-10(12)17/h1-6,17H. The van der Waals surface area contributed by atoms with E-state index in [1.807, 2.05) is 24.3 Å². The predicted octanol–water partition coefficient (Wildman–Crippen LogP) is 4.73. The zero-order valence-corrected chi connectivity index (χ0v) is 12.2. The van der Waals surface area contributed by atoms with Gasteiger partial charge in [-0.15, -0.1) is 0 Å². The molecule has 1 heterocycles. The molecule has 0 aliphatic heterocycles. The molecule has 18 heavy (non-hydrogen) atoms. The Hall–Kier alpha value is -1.33. The first-order valence-corrected chi connectivity index (χ1v) is 6.78. The molecular weight excluding hydrogens is 362 g/mol. The number of hydrogen-bond acceptors (Lipinski definition) is 3. The highest BCUT2D eigenvalue weighted by atomic mass is 79.9. The zero-order valence-electron chi connectivity index (χ0n) is 9.02. The van der Waals surface area contributed by atoms with E-state index in [-0.39, 0.29) is 5.75 Å². The Bertz CT molecular complexity index is 717. The van der Waals surface area contributed by atoms with E-state index >= 15 is 0 Å². The molecule has 0 amide bonds. The van der Waals surface area contributed by atoms with E-state index < -0.39 is 0 Å². The smallest absolute Gasteiger partial charge is 0.232 e. The van der Waals surface area contributed by atoms with Crippen LogP contribution in [0.25, 0.3) is 22.6 Å². The molecular formula is C13H7Br2NO2. The normalized spacial score (nSPS) is 11.0. The molecule has 3 nitrogen and oxygen atoms in total. The van der Waals surface area contributed by atoms with Crippen molar-refractivity contribution in [1.82, 2.24) is 4.98 Å². The molecule has 0 bridgehead atoms. The van der Waals surface area contributed by atoms with Crippen LogP contribution in [0.15, 0.2) is 49.8 Å². The van der Waals surface area contributed by atoms with Crippen LogP contribution in [-0.2, 0) is 0 Å². The summed E-state index contributed by atoms with van der Waals surface area (Å²) in [6.45, 7) is 0. The molecule has 0 fully saturated rings. The van der Waals surface area contributed by atoms with Crippen LogP contribution in [0.4, 0.5) is 0 Å². The number of nitrogens with zero attached hydrogens (tertiary/aromatic N) is 1. The number of oxazole rings is 1. The molecule has 0 saturated heterocycles. The Morgan fingerprint density at radius 1 is 1.11 bits per heavy atom. The van der Waals surface area contributed by atoms with Gasteiger partial charge in [0, 0.05) is 8.95 Å². The summed E-state index contributed by atoms with van der Waals surface area (Å²) in [5, 5.41) is 9.89. The van der Waals surface area contributed by atoms with Gasteiger partial charge in [0.25, 0.3) is 0 Å². The minimum atomic E-state index is 0.134. The molecule has 0 aliphatic carbocycles. The average Bonchev–Trinajstić information content (AvgIpc) is 2.71. The third-order valence-electron chi connectivity index (χ3n) is 2.56. The topological polar surface area (TPSA) is 46.3 Å². The lowest BCUT2D eigenvalue weighted by molar-refractivity contribution is 0.473. The predicted molar refractivity (Wildman–Crippen MR) is 76.5 cm³/mol. The van der Waals surface area contributed by atoms with Gasteiger partial charge in [-0.3, -0.25) is 0 Å². The quantitative estimate of drug-likeness (QED) is 0.675. The van der Waals surface area contributed by atoms with Gasteiger partial charge >= 0.3 is 0 Å². The molecule has 1 aromatic heterocycles. The van der Waals surface area contributed by atoms with Crippen molar-refractivity contribution in [2.45, 2.75) is 0 Å². The van der Waals surface area contributed by atoms with Gasteiger partial charge in [0.1, 0.15) is 11.3 Å². The molecule has 0 saturated carbocycles. The molecule has 0 unspecified atom stereocenters. The van der Waals surface area contributed by atoms with Gasteiger partial charge in [0.15, 0.2) is 5.58 Å². The lowest BCUT2D eigenvalue weighted by atomic mass is 10.2. The second-order valence-corrected chi connectivity index (χ2v) is 5.54. The average molecular weight is 369 g/mol. The SMILES string of the molecule is Oc1cccc(Br)c1-c1nc2ccc(Br)cc2o1. The number of phenols is 1. The maximum Gasteiger partial charge on any atom is 0.232 e. The highest BCUT2D eigenvalue weighted by molar-refractivity contribution is 9.10. The van der Waals surface area contributed by atoms with E-state index in [4.69, 9.17) is 4.42 Å². The third-order valence-corrected chi connectivity index (χ3v) is 3.71. The first-order chi connectivity index (χ1) is 8.65. The van der Waals surface area contributed by atoms with Gasteiger partial charge in [0.05, 0.1) is 5.56 Å². The number of aromatic nitrogens is 1. The molecule has 3 rings (SSSR count). The Morgan fingerprint density at radius 3 is 2.72 bits per heavy atom. The fourth-order valence-corrected chi connectivity index (χ4v) is 2.60. The number of aromatic hydroxyl groups is 1. The number of halogens is 2. The van der Waals surface area contributed by atoms with Crippen LogP contribution in [0.1, 0.15) is 0 Å². The second-order valence-electron chi connectivity index (χ2n) is 3.77. The monoisotopic (exact) mass is 367 g/mol. The summed E-state index contributed by atoms with van der Waals surface area (Å²) in [5.41, 5.74) is 1.99. The van der Waals surface area contributed by atoms with Gasteiger partial charge < -0.3 is 9.52 Å². The summed E-state index contributed by atoms with van der Waals surface area (Å²) in [6.07, 6.45) is 0. The van der Waals surface area contributed by atoms with Crippen LogP contribution >= 0.6 is 31.9 Å². The van der Waals surface area contributed by atoms with Crippen molar-refractivity contribution in [1.29, 1.82) is 0 Å². The Kier molecular flexibility index (Phi) is 2.87. The Labute approximate surface area is 120 Å². The fourth-order valence-electron chi connectivity index (χ4n) is 1.73. The summed E-state index contributed by atoms with van der Waals surface area (Å²) in [5.74, 6) is 0.531. The second kappa shape index (κ2) is 4.40. The van der Waals surface area contributed by atoms with Crippen LogP contribution in [0, 0.1) is 0 Å². The minimum Gasteiger partial charge on any atom is -0.507 e. The van der Waals surface area contributed by atoms with Crippen LogP contribution in [-0.4, -0.2) is 10.1 Å². The van der Waals surface area contributed by atoms with E-state index in [0.717, 1.165) is 14.5 Å². The molecule has 0 atom stereocenters. The van der Waals surface area contributed by atoms with Crippen molar-refractivity contribution >= 4 is 43.0 Å². The fraction of sp³-hybridized carbons (Fsp3) is 0. The largest absolute Gasteiger partial charge is 0.507 e. The van der Waals surface area contributed by atoms with Crippen molar-refractivity contribution in [3.63, 3.8) is 0 Å². The lowest BCUT2D eigenvalue weighted by Gasteiger charge is -2.01. The van der Waals surface area contributed by atoms with E-state index in [2.05, 4.69) is 36.8 Å². The number of fused-ring (bicyclic) bond motifs is 1. The number of rotatable bonds is 1. The summed E-state index contributed by atoms with van der Waals surface area (Å²) in [6, 6.07) is 10.8. The molecule has 1 N–H and O–H groups in total. The summed E-state index contributed by atoms with van der Waals surface area (Å²) < 4.78 is 7.33. The highest BCUT2D eigenvalue weighted by Gasteiger charge is 2.15. The van der Waals surface area contributed by atoms with Crippen molar-refractivity contribution in [3.8, 4) is 17.2 Å². The van der Waals surface area contributed by atoms with Crippen molar-refractivity contribution < 1.29 is 9.52 Å². The summed E-state index contributed by atoms with van der Waals surface area (Å²) in [4.78, 5) is 4.37. The van der Waals surface area contributed by atoms with Crippen LogP contribution in [0.5, 0.6) is 5.75 Å². The van der Waals surface area contributed by atoms with Gasteiger partial charge in [-0.25, -0.2) is 4.98 Å². The van der Waals surface area contributed by atoms with E-state index in [0.29, 0.717) is 17.0 Å². The van der Waals surface area contributed by atoms with Crippen molar-refractivity contribution in [2.75, 3.05) is 0 Å². The van der Waals surface area contributed by atoms with E-state index in [9.17, 15) is 5.11 Å². The van der Waals surface area contributed by atoms with E-state index in [1.165, 1.54) is 0 Å². The Balaban J connectivity index is 2.26. The van der Waals surface area contributed by atoms with Crippen molar-refractivity contribution in [3.05, 3.63) is 45.3 Å². The maximum atomic E-state index is 9.89. The van der Waals surface area contributed by atoms with Gasteiger partial charge in [0.2, 0.25) is 5.89 Å². The van der Waals surface area contributed by atoms with Crippen LogP contribution in [0.3, 0.4) is 0 Å². The van der Waals surface area contributed by atoms with Crippen LogP contribution < -0.4 is 0 Å².